The molecule has 0 radical (unpaired) electrons. The Labute approximate surface area is 260 Å². The molecule has 2 aliphatic rings. The molecule has 0 saturated heterocycles. The fourth-order valence-corrected chi connectivity index (χ4v) is 7.69. The maximum atomic E-state index is 9.22. The average Bonchev–Trinajstić information content (AvgIpc) is 3.38. The molecule has 236 valence electrons. The second-order valence-corrected chi connectivity index (χ2v) is 14.8. The Balaban J connectivity index is 0.000000641. The van der Waals surface area contributed by atoms with Crippen LogP contribution in [-0.4, -0.2) is 24.8 Å². The Morgan fingerprint density at radius 2 is 1.28 bits per heavy atom. The number of nitrogens with zero attached hydrogens (tertiary/aromatic N) is 2. The Morgan fingerprint density at radius 1 is 0.791 bits per heavy atom. The van der Waals surface area contributed by atoms with Gasteiger partial charge in [-0.15, -0.1) is 9.36 Å². The minimum atomic E-state index is -4.41. The van der Waals surface area contributed by atoms with E-state index >= 15 is 0 Å². The standard InChI is InChI=1S/C35H49N2.CH4O4S/c1-24(2)30-19-17-26(5)21-34(30)36-32(28-13-9-7-10-14-28)23-33(29-15-11-8-12-16-29)37(36)35-22-27(6)18-20-31(35)25(3)4;1-5-6(2,3)4/h7-16,23-27,30-31,34-35H,17-22H2,1-6H3;1H3,(H,2,3,4)/q+1;/p-1. The van der Waals surface area contributed by atoms with E-state index in [0.29, 0.717) is 35.8 Å². The third kappa shape index (κ3) is 8.17. The van der Waals surface area contributed by atoms with Gasteiger partial charge in [0.1, 0.15) is 5.69 Å². The molecule has 0 spiro atoms. The van der Waals surface area contributed by atoms with Crippen LogP contribution in [0.5, 0.6) is 0 Å². The van der Waals surface area contributed by atoms with Gasteiger partial charge in [0, 0.05) is 29.5 Å². The molecular formula is C36H52N2O4S. The van der Waals surface area contributed by atoms with E-state index in [1.54, 1.807) is 0 Å². The van der Waals surface area contributed by atoms with Crippen LogP contribution in [0.4, 0.5) is 0 Å². The monoisotopic (exact) mass is 608 g/mol. The van der Waals surface area contributed by atoms with Crippen molar-refractivity contribution >= 4 is 10.4 Å². The van der Waals surface area contributed by atoms with Crippen LogP contribution in [0.15, 0.2) is 66.7 Å². The van der Waals surface area contributed by atoms with Gasteiger partial charge in [-0.05, 0) is 67.4 Å². The van der Waals surface area contributed by atoms with Crippen LogP contribution in [0, 0.1) is 35.5 Å². The summed E-state index contributed by atoms with van der Waals surface area (Å²) in [5.41, 5.74) is 5.52. The lowest BCUT2D eigenvalue weighted by molar-refractivity contribution is -0.800. The second-order valence-electron chi connectivity index (χ2n) is 13.7. The first-order valence-corrected chi connectivity index (χ1v) is 17.5. The predicted octanol–water partition coefficient (Wildman–Crippen LogP) is 8.47. The van der Waals surface area contributed by atoms with Crippen LogP contribution in [0.2, 0.25) is 0 Å². The highest BCUT2D eigenvalue weighted by Crippen LogP contribution is 2.45. The van der Waals surface area contributed by atoms with Crippen molar-refractivity contribution in [1.29, 1.82) is 0 Å². The van der Waals surface area contributed by atoms with Crippen LogP contribution in [-0.2, 0) is 14.6 Å². The first-order valence-electron chi connectivity index (χ1n) is 16.2. The van der Waals surface area contributed by atoms with Gasteiger partial charge in [0.2, 0.25) is 16.1 Å². The molecule has 1 heterocycles. The lowest BCUT2D eigenvalue weighted by Crippen LogP contribution is -2.56. The van der Waals surface area contributed by atoms with E-state index in [1.165, 1.54) is 61.0 Å². The molecule has 6 atom stereocenters. The van der Waals surface area contributed by atoms with Crippen molar-refractivity contribution in [2.45, 2.75) is 92.2 Å². The summed E-state index contributed by atoms with van der Waals surface area (Å²) in [6.45, 7) is 14.8. The summed E-state index contributed by atoms with van der Waals surface area (Å²) in [6.07, 6.45) is 7.96. The van der Waals surface area contributed by atoms with E-state index in [4.69, 9.17) is 0 Å². The van der Waals surface area contributed by atoms with Crippen LogP contribution in [0.3, 0.4) is 0 Å². The third-order valence-electron chi connectivity index (χ3n) is 9.95. The molecule has 1 aromatic heterocycles. The molecule has 2 aromatic carbocycles. The maximum Gasteiger partial charge on any atom is 0.239 e. The van der Waals surface area contributed by atoms with Crippen LogP contribution in [0.25, 0.3) is 22.5 Å². The van der Waals surface area contributed by atoms with Crippen LogP contribution in [0.1, 0.15) is 92.2 Å². The van der Waals surface area contributed by atoms with Gasteiger partial charge < -0.3 is 4.55 Å². The Morgan fingerprint density at radius 3 is 1.79 bits per heavy atom. The predicted molar refractivity (Wildman–Crippen MR) is 173 cm³/mol. The van der Waals surface area contributed by atoms with Gasteiger partial charge in [-0.25, -0.2) is 8.42 Å². The fraction of sp³-hybridized carbons (Fsp3) is 0.583. The Bertz CT molecular complexity index is 1310. The smallest absolute Gasteiger partial charge is 0.239 e. The normalized spacial score (nSPS) is 26.3. The highest BCUT2D eigenvalue weighted by molar-refractivity contribution is 7.80. The number of hydrogen-bond acceptors (Lipinski definition) is 4. The molecule has 0 bridgehead atoms. The van der Waals surface area contributed by atoms with E-state index in [9.17, 15) is 13.0 Å². The number of aromatic nitrogens is 2. The molecule has 7 heteroatoms. The summed E-state index contributed by atoms with van der Waals surface area (Å²) in [6, 6.07) is 26.0. The van der Waals surface area contributed by atoms with Gasteiger partial charge in [-0.3, -0.25) is 4.18 Å². The van der Waals surface area contributed by atoms with Crippen molar-refractivity contribution in [3.63, 3.8) is 0 Å². The molecule has 0 amide bonds. The summed E-state index contributed by atoms with van der Waals surface area (Å²) < 4.78 is 36.7. The number of hydrogen-bond donors (Lipinski definition) is 0. The van der Waals surface area contributed by atoms with Crippen LogP contribution >= 0.6 is 0 Å². The molecular weight excluding hydrogens is 556 g/mol. The SMILES string of the molecule is CC1CCC(C(C)C)C(n2c(-c3ccccc3)cc(-c3ccccc3)[n+]2C2CC(C)CCC2C(C)C)C1.COS(=O)(=O)[O-]. The van der Waals surface area contributed by atoms with Gasteiger partial charge >= 0.3 is 0 Å². The van der Waals surface area contributed by atoms with Crippen molar-refractivity contribution in [1.82, 2.24) is 4.68 Å². The lowest BCUT2D eigenvalue weighted by Gasteiger charge is -2.39. The molecule has 2 saturated carbocycles. The zero-order chi connectivity index (χ0) is 31.3. The molecule has 2 aliphatic carbocycles. The molecule has 6 nitrogen and oxygen atoms in total. The van der Waals surface area contributed by atoms with Crippen molar-refractivity contribution in [2.24, 2.45) is 35.5 Å². The first-order chi connectivity index (χ1) is 20.4. The molecule has 5 rings (SSSR count). The summed E-state index contributed by atoms with van der Waals surface area (Å²) in [5, 5.41) is 0. The minimum Gasteiger partial charge on any atom is -0.726 e. The van der Waals surface area contributed by atoms with Gasteiger partial charge in [0.05, 0.1) is 13.2 Å². The summed E-state index contributed by atoms with van der Waals surface area (Å²) >= 11 is 0. The first kappa shape index (κ1) is 33.4. The zero-order valence-electron chi connectivity index (χ0n) is 27.1. The fourth-order valence-electron chi connectivity index (χ4n) is 7.69. The quantitative estimate of drug-likeness (QED) is 0.153. The minimum absolute atomic E-state index is 0.529. The molecule has 0 aliphatic heterocycles. The van der Waals surface area contributed by atoms with Gasteiger partial charge in [-0.2, -0.15) is 0 Å². The van der Waals surface area contributed by atoms with Crippen molar-refractivity contribution in [3.8, 4) is 22.5 Å². The average molecular weight is 609 g/mol. The van der Waals surface area contributed by atoms with Gasteiger partial charge in [-0.1, -0.05) is 96.5 Å². The summed E-state index contributed by atoms with van der Waals surface area (Å²) in [7, 11) is -3.60. The number of rotatable bonds is 7. The van der Waals surface area contributed by atoms with E-state index in [1.807, 2.05) is 0 Å². The zero-order valence-corrected chi connectivity index (χ0v) is 28.0. The van der Waals surface area contributed by atoms with Gasteiger partial charge in [0.25, 0.3) is 0 Å². The van der Waals surface area contributed by atoms with Crippen molar-refractivity contribution in [3.05, 3.63) is 66.7 Å². The largest absolute Gasteiger partial charge is 0.726 e. The van der Waals surface area contributed by atoms with E-state index < -0.39 is 10.4 Å². The molecule has 3 aromatic rings. The Hall–Kier alpha value is -2.48. The van der Waals surface area contributed by atoms with Gasteiger partial charge in [0.15, 0.2) is 6.04 Å². The molecule has 43 heavy (non-hydrogen) atoms. The summed E-state index contributed by atoms with van der Waals surface area (Å²) in [4.78, 5) is 0. The van der Waals surface area contributed by atoms with Crippen LogP contribution < -0.4 is 4.68 Å². The van der Waals surface area contributed by atoms with E-state index in [-0.39, 0.29) is 0 Å². The topological polar surface area (TPSA) is 75.2 Å². The Kier molecular flexibility index (Phi) is 11.3. The highest BCUT2D eigenvalue weighted by Gasteiger charge is 2.45. The van der Waals surface area contributed by atoms with E-state index in [0.717, 1.165) is 18.9 Å². The van der Waals surface area contributed by atoms with Crippen molar-refractivity contribution < 1.29 is 21.8 Å². The highest BCUT2D eigenvalue weighted by atomic mass is 32.3. The van der Waals surface area contributed by atoms with Crippen molar-refractivity contribution in [2.75, 3.05) is 7.11 Å². The molecule has 2 fully saturated rings. The van der Waals surface area contributed by atoms with E-state index in [2.05, 4.69) is 122 Å². The second kappa shape index (κ2) is 14.5. The summed E-state index contributed by atoms with van der Waals surface area (Å²) in [5.74, 6) is 4.32. The lowest BCUT2D eigenvalue weighted by atomic mass is 9.73. The maximum absolute atomic E-state index is 9.22. The third-order valence-corrected chi connectivity index (χ3v) is 10.4. The molecule has 0 N–H and O–H groups in total. The molecule has 6 unspecified atom stereocenters. The number of benzene rings is 2.